The molecule has 0 saturated carbocycles. The van der Waals surface area contributed by atoms with Crippen molar-refractivity contribution in [2.45, 2.75) is 32.7 Å². The number of nitrogens with zero attached hydrogens (tertiary/aromatic N) is 1. The molecule has 0 radical (unpaired) electrons. The predicted molar refractivity (Wildman–Crippen MR) is 84.7 cm³/mol. The average Bonchev–Trinajstić information content (AvgIpc) is 2.52. The lowest BCUT2D eigenvalue weighted by atomic mass is 9.96. The number of aromatic nitrogens is 1. The second-order valence-corrected chi connectivity index (χ2v) is 5.56. The minimum Gasteiger partial charge on any atom is -0.349 e. The summed E-state index contributed by atoms with van der Waals surface area (Å²) >= 11 is 0. The molecule has 1 aromatic heterocycles. The van der Waals surface area contributed by atoms with Crippen LogP contribution in [0.5, 0.6) is 0 Å². The van der Waals surface area contributed by atoms with E-state index in [4.69, 9.17) is 0 Å². The third kappa shape index (κ3) is 4.71. The minimum absolute atomic E-state index is 0.0626. The molecular weight excluding hydrogens is 260 g/mol. The van der Waals surface area contributed by atoms with Crippen molar-refractivity contribution in [2.24, 2.45) is 5.92 Å². The molecule has 0 fully saturated rings. The van der Waals surface area contributed by atoms with Crippen LogP contribution in [0.2, 0.25) is 0 Å². The van der Waals surface area contributed by atoms with E-state index >= 15 is 0 Å². The van der Waals surface area contributed by atoms with Gasteiger partial charge in [-0.15, -0.1) is 0 Å². The van der Waals surface area contributed by atoms with Crippen molar-refractivity contribution in [3.05, 3.63) is 66.0 Å². The summed E-state index contributed by atoms with van der Waals surface area (Å²) in [7, 11) is 0. The topological polar surface area (TPSA) is 42.0 Å². The van der Waals surface area contributed by atoms with Crippen molar-refractivity contribution in [3.63, 3.8) is 0 Å². The first kappa shape index (κ1) is 15.2. The number of pyridine rings is 1. The maximum Gasteiger partial charge on any atom is 0.220 e. The Morgan fingerprint density at radius 3 is 2.52 bits per heavy atom. The van der Waals surface area contributed by atoms with E-state index in [9.17, 15) is 4.79 Å². The largest absolute Gasteiger partial charge is 0.349 e. The van der Waals surface area contributed by atoms with E-state index < -0.39 is 0 Å². The highest BCUT2D eigenvalue weighted by Gasteiger charge is 2.17. The molecule has 0 saturated heterocycles. The molecule has 2 aromatic rings. The van der Waals surface area contributed by atoms with Gasteiger partial charge in [0.1, 0.15) is 0 Å². The van der Waals surface area contributed by atoms with Crippen molar-refractivity contribution >= 4 is 5.91 Å². The molecule has 3 nitrogen and oxygen atoms in total. The molecule has 1 heterocycles. The van der Waals surface area contributed by atoms with Crippen LogP contribution in [0.3, 0.4) is 0 Å². The minimum atomic E-state index is 0.0626. The first-order chi connectivity index (χ1) is 10.2. The molecule has 0 bridgehead atoms. The van der Waals surface area contributed by atoms with Crippen LogP contribution in [-0.2, 0) is 11.2 Å². The summed E-state index contributed by atoms with van der Waals surface area (Å²) < 4.78 is 0. The lowest BCUT2D eigenvalue weighted by molar-refractivity contribution is -0.122. The van der Waals surface area contributed by atoms with Gasteiger partial charge in [-0.25, -0.2) is 0 Å². The van der Waals surface area contributed by atoms with E-state index in [2.05, 4.69) is 36.3 Å². The average molecular weight is 282 g/mol. The number of benzene rings is 1. The highest BCUT2D eigenvalue weighted by molar-refractivity contribution is 5.76. The Labute approximate surface area is 126 Å². The summed E-state index contributed by atoms with van der Waals surface area (Å²) in [6.45, 7) is 4.25. The Morgan fingerprint density at radius 1 is 1.14 bits per heavy atom. The van der Waals surface area contributed by atoms with Crippen molar-refractivity contribution in [1.29, 1.82) is 0 Å². The van der Waals surface area contributed by atoms with Crippen LogP contribution >= 0.6 is 0 Å². The van der Waals surface area contributed by atoms with Gasteiger partial charge in [0.25, 0.3) is 0 Å². The number of amides is 1. The van der Waals surface area contributed by atoms with E-state index in [1.165, 1.54) is 0 Å². The zero-order valence-electron chi connectivity index (χ0n) is 12.6. The smallest absolute Gasteiger partial charge is 0.220 e. The Kier molecular flexibility index (Phi) is 5.50. The van der Waals surface area contributed by atoms with Gasteiger partial charge in [-0.1, -0.05) is 50.2 Å². The van der Waals surface area contributed by atoms with Gasteiger partial charge in [-0.2, -0.15) is 0 Å². The maximum absolute atomic E-state index is 12.2. The molecule has 1 N–H and O–H groups in total. The molecule has 0 aliphatic heterocycles. The van der Waals surface area contributed by atoms with Crippen LogP contribution in [0.1, 0.15) is 37.4 Å². The summed E-state index contributed by atoms with van der Waals surface area (Å²) in [6.07, 6.45) is 4.76. The molecule has 2 rings (SSSR count). The van der Waals surface area contributed by atoms with Gasteiger partial charge in [-0.05, 0) is 29.5 Å². The van der Waals surface area contributed by atoms with Crippen LogP contribution in [0, 0.1) is 5.92 Å². The Balaban J connectivity index is 1.93. The molecule has 0 spiro atoms. The quantitative estimate of drug-likeness (QED) is 0.880. The summed E-state index contributed by atoms with van der Waals surface area (Å²) in [5.41, 5.74) is 2.25. The van der Waals surface area contributed by atoms with E-state index in [0.717, 1.165) is 17.5 Å². The molecule has 1 unspecified atom stereocenters. The fraction of sp³-hybridized carbons (Fsp3) is 0.333. The molecule has 1 aromatic carbocycles. The van der Waals surface area contributed by atoms with Crippen LogP contribution in [0.4, 0.5) is 0 Å². The Morgan fingerprint density at radius 2 is 1.90 bits per heavy atom. The molecule has 21 heavy (non-hydrogen) atoms. The summed E-state index contributed by atoms with van der Waals surface area (Å²) in [5, 5.41) is 3.14. The van der Waals surface area contributed by atoms with Crippen molar-refractivity contribution in [3.8, 4) is 0 Å². The number of carbonyl (C=O) groups excluding carboxylic acids is 1. The normalized spacial score (nSPS) is 12.1. The van der Waals surface area contributed by atoms with Gasteiger partial charge in [0.05, 0.1) is 6.04 Å². The van der Waals surface area contributed by atoms with Crippen molar-refractivity contribution < 1.29 is 4.79 Å². The number of rotatable bonds is 6. The number of aryl methyl sites for hydroxylation is 1. The van der Waals surface area contributed by atoms with Gasteiger partial charge >= 0.3 is 0 Å². The number of carbonyl (C=O) groups is 1. The van der Waals surface area contributed by atoms with Crippen LogP contribution in [0.15, 0.2) is 54.9 Å². The fourth-order valence-corrected chi connectivity index (χ4v) is 2.34. The van der Waals surface area contributed by atoms with E-state index in [0.29, 0.717) is 12.3 Å². The lowest BCUT2D eigenvalue weighted by Crippen LogP contribution is -2.31. The zero-order chi connectivity index (χ0) is 15.1. The van der Waals surface area contributed by atoms with Gasteiger partial charge in [0.2, 0.25) is 5.91 Å². The molecule has 3 heteroatoms. The number of nitrogens with one attached hydrogen (secondary N) is 1. The molecule has 0 aliphatic carbocycles. The van der Waals surface area contributed by atoms with Gasteiger partial charge in [0.15, 0.2) is 0 Å². The van der Waals surface area contributed by atoms with E-state index in [-0.39, 0.29) is 11.9 Å². The van der Waals surface area contributed by atoms with Gasteiger partial charge in [0, 0.05) is 18.8 Å². The van der Waals surface area contributed by atoms with Gasteiger partial charge in [-0.3, -0.25) is 9.78 Å². The highest BCUT2D eigenvalue weighted by Crippen LogP contribution is 2.21. The summed E-state index contributed by atoms with van der Waals surface area (Å²) in [4.78, 5) is 16.2. The zero-order valence-corrected chi connectivity index (χ0v) is 12.6. The standard InChI is InChI=1S/C18H22N2O/c1-14(2)18(16-8-4-3-5-9-16)20-17(21)11-10-15-7-6-12-19-13-15/h3-9,12-14,18H,10-11H2,1-2H3,(H,20,21). The number of hydrogen-bond acceptors (Lipinski definition) is 2. The molecule has 1 atom stereocenters. The second kappa shape index (κ2) is 7.58. The summed E-state index contributed by atoms with van der Waals surface area (Å²) in [6, 6.07) is 14.1. The van der Waals surface area contributed by atoms with E-state index in [1.807, 2.05) is 36.5 Å². The maximum atomic E-state index is 12.2. The highest BCUT2D eigenvalue weighted by atomic mass is 16.1. The Hall–Kier alpha value is -2.16. The molecule has 0 aliphatic rings. The first-order valence-corrected chi connectivity index (χ1v) is 7.40. The van der Waals surface area contributed by atoms with Crippen LogP contribution < -0.4 is 5.32 Å². The summed E-state index contributed by atoms with van der Waals surface area (Å²) in [5.74, 6) is 0.441. The first-order valence-electron chi connectivity index (χ1n) is 7.40. The second-order valence-electron chi connectivity index (χ2n) is 5.56. The SMILES string of the molecule is CC(C)C(NC(=O)CCc1cccnc1)c1ccccc1. The third-order valence-corrected chi connectivity index (χ3v) is 3.51. The monoisotopic (exact) mass is 282 g/mol. The molecule has 110 valence electrons. The van der Waals surface area contributed by atoms with Gasteiger partial charge < -0.3 is 5.32 Å². The van der Waals surface area contributed by atoms with E-state index in [1.54, 1.807) is 6.20 Å². The fourth-order valence-electron chi connectivity index (χ4n) is 2.34. The lowest BCUT2D eigenvalue weighted by Gasteiger charge is -2.23. The van der Waals surface area contributed by atoms with Crippen LogP contribution in [0.25, 0.3) is 0 Å². The van der Waals surface area contributed by atoms with Crippen molar-refractivity contribution in [1.82, 2.24) is 10.3 Å². The predicted octanol–water partition coefficient (Wildman–Crippen LogP) is 3.53. The van der Waals surface area contributed by atoms with Crippen molar-refractivity contribution in [2.75, 3.05) is 0 Å². The Bertz CT molecular complexity index is 552. The third-order valence-electron chi connectivity index (χ3n) is 3.51. The molecule has 1 amide bonds. The molecular formula is C18H22N2O. The number of hydrogen-bond donors (Lipinski definition) is 1. The van der Waals surface area contributed by atoms with Crippen LogP contribution in [-0.4, -0.2) is 10.9 Å².